The van der Waals surface area contributed by atoms with E-state index in [1.165, 1.54) is 5.56 Å². The maximum Gasteiger partial charge on any atom is 0.0945 e. The molecule has 1 aliphatic heterocycles. The third-order valence-corrected chi connectivity index (χ3v) is 3.28. The van der Waals surface area contributed by atoms with Crippen LogP contribution < -0.4 is 0 Å². The molecular formula is C14H20O2. The Morgan fingerprint density at radius 1 is 1.31 bits per heavy atom. The molecule has 0 bridgehead atoms. The molecule has 0 radical (unpaired) electrons. The molecule has 1 aromatic rings. The molecule has 1 aliphatic rings. The van der Waals surface area contributed by atoms with E-state index in [0.717, 1.165) is 5.56 Å². The molecule has 2 rings (SSSR count). The first-order valence-electron chi connectivity index (χ1n) is 5.85. The number of aliphatic hydroxyl groups is 1. The minimum atomic E-state index is -0.728. The third-order valence-electron chi connectivity index (χ3n) is 3.28. The van der Waals surface area contributed by atoms with E-state index in [-0.39, 0.29) is 5.60 Å². The highest BCUT2D eigenvalue weighted by atomic mass is 16.5. The molecule has 1 atom stereocenters. The van der Waals surface area contributed by atoms with E-state index in [0.29, 0.717) is 19.4 Å². The summed E-state index contributed by atoms with van der Waals surface area (Å²) in [6.07, 6.45) is 1.34. The number of hydrogen-bond acceptors (Lipinski definition) is 2. The van der Waals surface area contributed by atoms with Crippen molar-refractivity contribution in [2.45, 2.75) is 44.8 Å². The van der Waals surface area contributed by atoms with Crippen molar-refractivity contribution >= 4 is 0 Å². The normalized spacial score (nSPS) is 29.0. The monoisotopic (exact) mass is 220 g/mol. The van der Waals surface area contributed by atoms with Gasteiger partial charge in [-0.25, -0.2) is 0 Å². The quantitative estimate of drug-likeness (QED) is 0.788. The van der Waals surface area contributed by atoms with Gasteiger partial charge in [0.1, 0.15) is 0 Å². The predicted molar refractivity (Wildman–Crippen MR) is 64.3 cm³/mol. The van der Waals surface area contributed by atoms with Gasteiger partial charge in [-0.15, -0.1) is 0 Å². The predicted octanol–water partition coefficient (Wildman–Crippen LogP) is 2.77. The molecular weight excluding hydrogens is 200 g/mol. The van der Waals surface area contributed by atoms with Crippen LogP contribution in [0.4, 0.5) is 0 Å². The molecule has 1 heterocycles. The van der Waals surface area contributed by atoms with Crippen molar-refractivity contribution in [3.05, 3.63) is 35.4 Å². The Labute approximate surface area is 97.3 Å². The second-order valence-corrected chi connectivity index (χ2v) is 5.44. The Morgan fingerprint density at radius 3 is 2.69 bits per heavy atom. The molecule has 0 aliphatic carbocycles. The average molecular weight is 220 g/mol. The first kappa shape index (κ1) is 11.6. The first-order chi connectivity index (χ1) is 7.41. The van der Waals surface area contributed by atoms with Gasteiger partial charge in [-0.3, -0.25) is 0 Å². The second kappa shape index (κ2) is 3.86. The number of aryl methyl sites for hydroxylation is 1. The summed E-state index contributed by atoms with van der Waals surface area (Å²) in [5.74, 6) is 0. The van der Waals surface area contributed by atoms with Crippen molar-refractivity contribution < 1.29 is 9.84 Å². The van der Waals surface area contributed by atoms with E-state index in [4.69, 9.17) is 4.74 Å². The summed E-state index contributed by atoms with van der Waals surface area (Å²) < 4.78 is 5.65. The second-order valence-electron chi connectivity index (χ2n) is 5.44. The van der Waals surface area contributed by atoms with E-state index in [1.54, 1.807) is 0 Å². The van der Waals surface area contributed by atoms with E-state index in [9.17, 15) is 5.11 Å². The Balaban J connectivity index is 2.31. The van der Waals surface area contributed by atoms with Crippen LogP contribution in [-0.4, -0.2) is 17.3 Å². The van der Waals surface area contributed by atoms with E-state index in [1.807, 2.05) is 26.0 Å². The SMILES string of the molecule is Cc1cccc(C2(O)CCOC(C)(C)C2)c1. The Bertz CT molecular complexity index is 384. The summed E-state index contributed by atoms with van der Waals surface area (Å²) in [6, 6.07) is 8.14. The fourth-order valence-electron chi connectivity index (χ4n) is 2.52. The van der Waals surface area contributed by atoms with Crippen molar-refractivity contribution in [2.24, 2.45) is 0 Å². The maximum absolute atomic E-state index is 10.7. The Morgan fingerprint density at radius 2 is 2.06 bits per heavy atom. The van der Waals surface area contributed by atoms with Crippen LogP contribution in [0.25, 0.3) is 0 Å². The lowest BCUT2D eigenvalue weighted by Crippen LogP contribution is -2.43. The molecule has 88 valence electrons. The Hall–Kier alpha value is -0.860. The van der Waals surface area contributed by atoms with Gasteiger partial charge in [-0.05, 0) is 26.3 Å². The zero-order valence-electron chi connectivity index (χ0n) is 10.3. The minimum absolute atomic E-state index is 0.239. The zero-order chi connectivity index (χ0) is 11.8. The van der Waals surface area contributed by atoms with Crippen LogP contribution in [0.3, 0.4) is 0 Å². The van der Waals surface area contributed by atoms with Crippen LogP contribution in [0, 0.1) is 6.92 Å². The van der Waals surface area contributed by atoms with Crippen molar-refractivity contribution in [3.8, 4) is 0 Å². The lowest BCUT2D eigenvalue weighted by molar-refractivity contribution is -0.148. The van der Waals surface area contributed by atoms with Crippen LogP contribution in [0.1, 0.15) is 37.8 Å². The molecule has 0 amide bonds. The van der Waals surface area contributed by atoms with Gasteiger partial charge in [0.2, 0.25) is 0 Å². The Kier molecular flexibility index (Phi) is 2.81. The van der Waals surface area contributed by atoms with Gasteiger partial charge >= 0.3 is 0 Å². The highest BCUT2D eigenvalue weighted by molar-refractivity contribution is 5.28. The van der Waals surface area contributed by atoms with Crippen molar-refractivity contribution in [1.29, 1.82) is 0 Å². The van der Waals surface area contributed by atoms with Gasteiger partial charge in [0.15, 0.2) is 0 Å². The number of benzene rings is 1. The number of hydrogen-bond donors (Lipinski definition) is 1. The molecule has 1 N–H and O–H groups in total. The highest BCUT2D eigenvalue weighted by Crippen LogP contribution is 2.39. The summed E-state index contributed by atoms with van der Waals surface area (Å²) in [4.78, 5) is 0. The molecule has 1 fully saturated rings. The molecule has 2 heteroatoms. The highest BCUT2D eigenvalue weighted by Gasteiger charge is 2.40. The molecule has 16 heavy (non-hydrogen) atoms. The van der Waals surface area contributed by atoms with Gasteiger partial charge in [0.25, 0.3) is 0 Å². The summed E-state index contributed by atoms with van der Waals surface area (Å²) in [7, 11) is 0. The van der Waals surface area contributed by atoms with Crippen molar-refractivity contribution in [3.63, 3.8) is 0 Å². The van der Waals surface area contributed by atoms with Gasteiger partial charge in [0.05, 0.1) is 17.8 Å². The molecule has 2 nitrogen and oxygen atoms in total. The molecule has 0 saturated carbocycles. The first-order valence-corrected chi connectivity index (χ1v) is 5.85. The molecule has 1 unspecified atom stereocenters. The van der Waals surface area contributed by atoms with Gasteiger partial charge in [-0.2, -0.15) is 0 Å². The van der Waals surface area contributed by atoms with Crippen molar-refractivity contribution in [1.82, 2.24) is 0 Å². The minimum Gasteiger partial charge on any atom is -0.385 e. The lowest BCUT2D eigenvalue weighted by Gasteiger charge is -2.41. The van der Waals surface area contributed by atoms with Crippen molar-refractivity contribution in [2.75, 3.05) is 6.61 Å². The number of ether oxygens (including phenoxy) is 1. The number of rotatable bonds is 1. The van der Waals surface area contributed by atoms with Crippen LogP contribution in [-0.2, 0) is 10.3 Å². The maximum atomic E-state index is 10.7. The molecule has 0 spiro atoms. The zero-order valence-corrected chi connectivity index (χ0v) is 10.3. The van der Waals surface area contributed by atoms with Crippen LogP contribution >= 0.6 is 0 Å². The van der Waals surface area contributed by atoms with E-state index < -0.39 is 5.60 Å². The summed E-state index contributed by atoms with van der Waals surface area (Å²) in [5.41, 5.74) is 1.24. The fraction of sp³-hybridized carbons (Fsp3) is 0.571. The van der Waals surface area contributed by atoms with Crippen LogP contribution in [0.15, 0.2) is 24.3 Å². The van der Waals surface area contributed by atoms with Gasteiger partial charge < -0.3 is 9.84 Å². The largest absolute Gasteiger partial charge is 0.385 e. The third kappa shape index (κ3) is 2.28. The smallest absolute Gasteiger partial charge is 0.0945 e. The lowest BCUT2D eigenvalue weighted by atomic mass is 9.79. The standard InChI is InChI=1S/C14H20O2/c1-11-5-4-6-12(9-11)14(15)7-8-16-13(2,3)10-14/h4-6,9,15H,7-8,10H2,1-3H3. The molecule has 1 saturated heterocycles. The summed E-state index contributed by atoms with van der Waals surface area (Å²) >= 11 is 0. The van der Waals surface area contributed by atoms with E-state index in [2.05, 4.69) is 19.1 Å². The van der Waals surface area contributed by atoms with Crippen LogP contribution in [0.2, 0.25) is 0 Å². The van der Waals surface area contributed by atoms with Crippen LogP contribution in [0.5, 0.6) is 0 Å². The van der Waals surface area contributed by atoms with Gasteiger partial charge in [-0.1, -0.05) is 29.8 Å². The van der Waals surface area contributed by atoms with Gasteiger partial charge in [0, 0.05) is 12.8 Å². The average Bonchev–Trinajstić information content (AvgIpc) is 2.15. The van der Waals surface area contributed by atoms with E-state index >= 15 is 0 Å². The topological polar surface area (TPSA) is 29.5 Å². The summed E-state index contributed by atoms with van der Waals surface area (Å²) in [6.45, 7) is 6.74. The molecule has 1 aromatic carbocycles. The molecule has 0 aromatic heterocycles. The fourth-order valence-corrected chi connectivity index (χ4v) is 2.52. The summed E-state index contributed by atoms with van der Waals surface area (Å²) in [5, 5.41) is 10.7.